The van der Waals surface area contributed by atoms with Crippen LogP contribution in [-0.2, 0) is 13.1 Å². The van der Waals surface area contributed by atoms with Crippen molar-refractivity contribution in [1.82, 2.24) is 25.0 Å². The largest absolute Gasteiger partial charge is 0.497 e. The molecule has 2 aromatic heterocycles. The van der Waals surface area contributed by atoms with Gasteiger partial charge in [0, 0.05) is 43.6 Å². The number of rotatable bonds is 8. The van der Waals surface area contributed by atoms with E-state index < -0.39 is 0 Å². The second-order valence-corrected chi connectivity index (χ2v) is 9.15. The van der Waals surface area contributed by atoms with Crippen molar-refractivity contribution in [1.29, 1.82) is 0 Å². The zero-order valence-electron chi connectivity index (χ0n) is 20.5. The molecule has 0 radical (unpaired) electrons. The topological polar surface area (TPSA) is 72.3 Å². The van der Waals surface area contributed by atoms with Gasteiger partial charge in [-0.15, -0.1) is 0 Å². The molecule has 0 bridgehead atoms. The lowest BCUT2D eigenvalue weighted by Crippen LogP contribution is -2.44. The minimum absolute atomic E-state index is 0.0803. The van der Waals surface area contributed by atoms with E-state index in [9.17, 15) is 4.79 Å². The number of nitrogens with one attached hydrogen (secondary N) is 1. The van der Waals surface area contributed by atoms with Gasteiger partial charge in [-0.05, 0) is 54.8 Å². The fourth-order valence-corrected chi connectivity index (χ4v) is 4.62. The molecule has 7 heteroatoms. The summed E-state index contributed by atoms with van der Waals surface area (Å²) in [6.07, 6.45) is 5.52. The summed E-state index contributed by atoms with van der Waals surface area (Å²) >= 11 is 0. The molecule has 1 aliphatic heterocycles. The Morgan fingerprint density at radius 1 is 0.972 bits per heavy atom. The zero-order chi connectivity index (χ0) is 24.7. The Morgan fingerprint density at radius 3 is 2.42 bits per heavy atom. The summed E-state index contributed by atoms with van der Waals surface area (Å²) < 4.78 is 7.15. The van der Waals surface area contributed by atoms with Crippen molar-refractivity contribution < 1.29 is 9.53 Å². The summed E-state index contributed by atoms with van der Waals surface area (Å²) in [5.74, 6) is 0.689. The van der Waals surface area contributed by atoms with E-state index in [2.05, 4.69) is 33.4 Å². The summed E-state index contributed by atoms with van der Waals surface area (Å²) in [6, 6.07) is 24.0. The highest BCUT2D eigenvalue weighted by Crippen LogP contribution is 2.25. The third-order valence-corrected chi connectivity index (χ3v) is 6.59. The zero-order valence-corrected chi connectivity index (χ0v) is 20.5. The summed E-state index contributed by atoms with van der Waals surface area (Å²) in [7, 11) is 1.64. The van der Waals surface area contributed by atoms with Crippen LogP contribution in [0.5, 0.6) is 5.75 Å². The molecule has 1 N–H and O–H groups in total. The van der Waals surface area contributed by atoms with Crippen LogP contribution in [-0.4, -0.2) is 51.8 Å². The van der Waals surface area contributed by atoms with Crippen LogP contribution in [0.3, 0.4) is 0 Å². The normalized spacial score (nSPS) is 14.5. The maximum atomic E-state index is 13.5. The van der Waals surface area contributed by atoms with E-state index in [0.29, 0.717) is 17.8 Å². The first-order valence-electron chi connectivity index (χ1n) is 12.4. The third-order valence-electron chi connectivity index (χ3n) is 6.59. The summed E-state index contributed by atoms with van der Waals surface area (Å²) in [6.45, 7) is 3.30. The van der Waals surface area contributed by atoms with Crippen molar-refractivity contribution in [2.24, 2.45) is 0 Å². The number of aromatic nitrogens is 3. The van der Waals surface area contributed by atoms with Crippen molar-refractivity contribution >= 4 is 5.91 Å². The highest BCUT2D eigenvalue weighted by Gasteiger charge is 2.24. The van der Waals surface area contributed by atoms with Crippen LogP contribution in [0, 0.1) is 0 Å². The fraction of sp³-hybridized carbons (Fsp3) is 0.276. The molecule has 1 aliphatic rings. The smallest absolute Gasteiger partial charge is 0.255 e. The van der Waals surface area contributed by atoms with Crippen molar-refractivity contribution in [3.05, 3.63) is 102 Å². The van der Waals surface area contributed by atoms with E-state index in [-0.39, 0.29) is 11.9 Å². The number of carbonyl (C=O) groups excluding carboxylic acids is 1. The number of likely N-dealkylation sites (tertiary alicyclic amines) is 1. The molecule has 0 atom stereocenters. The lowest BCUT2D eigenvalue weighted by atomic mass is 10.0. The third kappa shape index (κ3) is 5.80. The van der Waals surface area contributed by atoms with Crippen molar-refractivity contribution in [2.75, 3.05) is 20.2 Å². The van der Waals surface area contributed by atoms with Crippen molar-refractivity contribution in [3.63, 3.8) is 0 Å². The summed E-state index contributed by atoms with van der Waals surface area (Å²) in [5.41, 5.74) is 4.37. The molecular weight excluding hydrogens is 450 g/mol. The number of carbonyl (C=O) groups is 1. The SMILES string of the molecule is COc1ccc(-c2nn(Cc3ccccc3)cc2C(=O)NC2CCN(Cc3ccccn3)CC2)cc1. The molecule has 1 fully saturated rings. The van der Waals surface area contributed by atoms with E-state index >= 15 is 0 Å². The molecule has 184 valence electrons. The lowest BCUT2D eigenvalue weighted by molar-refractivity contribution is 0.0909. The van der Waals surface area contributed by atoms with Gasteiger partial charge < -0.3 is 10.1 Å². The van der Waals surface area contributed by atoms with Crippen LogP contribution >= 0.6 is 0 Å². The molecule has 3 heterocycles. The average molecular weight is 482 g/mol. The van der Waals surface area contributed by atoms with Crippen molar-refractivity contribution in [2.45, 2.75) is 32.0 Å². The number of methoxy groups -OCH3 is 1. The van der Waals surface area contributed by atoms with Gasteiger partial charge >= 0.3 is 0 Å². The predicted molar refractivity (Wildman–Crippen MR) is 140 cm³/mol. The molecular formula is C29H31N5O2. The number of benzene rings is 2. The number of hydrogen-bond acceptors (Lipinski definition) is 5. The number of amides is 1. The molecule has 0 aliphatic carbocycles. The van der Waals surface area contributed by atoms with Crippen molar-refractivity contribution in [3.8, 4) is 17.0 Å². The summed E-state index contributed by atoms with van der Waals surface area (Å²) in [5, 5.41) is 8.07. The molecule has 4 aromatic rings. The number of nitrogens with zero attached hydrogens (tertiary/aromatic N) is 4. The first-order valence-corrected chi connectivity index (χ1v) is 12.4. The van der Waals surface area contributed by atoms with Gasteiger partial charge in [0.1, 0.15) is 11.4 Å². The summed E-state index contributed by atoms with van der Waals surface area (Å²) in [4.78, 5) is 20.3. The van der Waals surface area contributed by atoms with Gasteiger partial charge in [0.15, 0.2) is 0 Å². The quantitative estimate of drug-likeness (QED) is 0.404. The minimum atomic E-state index is -0.0803. The average Bonchev–Trinajstić information content (AvgIpc) is 3.35. The van der Waals surface area contributed by atoms with E-state index in [1.54, 1.807) is 7.11 Å². The van der Waals surface area contributed by atoms with Gasteiger partial charge in [0.25, 0.3) is 5.91 Å². The van der Waals surface area contributed by atoms with Crippen LogP contribution in [0.15, 0.2) is 85.2 Å². The maximum Gasteiger partial charge on any atom is 0.255 e. The first kappa shape index (κ1) is 23.8. The number of pyridine rings is 1. The first-order chi connectivity index (χ1) is 17.7. The molecule has 5 rings (SSSR count). The Kier molecular flexibility index (Phi) is 7.38. The molecule has 0 spiro atoms. The Bertz CT molecular complexity index is 1260. The van der Waals surface area contributed by atoms with Crippen LogP contribution in [0.1, 0.15) is 34.5 Å². The molecule has 7 nitrogen and oxygen atoms in total. The fourth-order valence-electron chi connectivity index (χ4n) is 4.62. The highest BCUT2D eigenvalue weighted by molar-refractivity contribution is 6.00. The molecule has 1 saturated heterocycles. The van der Waals surface area contributed by atoms with Gasteiger partial charge in [-0.1, -0.05) is 36.4 Å². The van der Waals surface area contributed by atoms with E-state index in [1.165, 1.54) is 0 Å². The van der Waals surface area contributed by atoms with Crippen LogP contribution < -0.4 is 10.1 Å². The minimum Gasteiger partial charge on any atom is -0.497 e. The second kappa shape index (κ2) is 11.2. The highest BCUT2D eigenvalue weighted by atomic mass is 16.5. The van der Waals surface area contributed by atoms with Crippen LogP contribution in [0.4, 0.5) is 0 Å². The number of hydrogen-bond donors (Lipinski definition) is 1. The van der Waals surface area contributed by atoms with Gasteiger partial charge in [-0.2, -0.15) is 5.10 Å². The van der Waals surface area contributed by atoms with Gasteiger partial charge in [0.2, 0.25) is 0 Å². The Morgan fingerprint density at radius 2 is 1.72 bits per heavy atom. The molecule has 0 saturated carbocycles. The van der Waals surface area contributed by atoms with E-state index in [0.717, 1.165) is 55.0 Å². The Labute approximate surface area is 211 Å². The molecule has 2 aromatic carbocycles. The monoisotopic (exact) mass is 481 g/mol. The molecule has 1 amide bonds. The molecule has 0 unspecified atom stereocenters. The predicted octanol–water partition coefficient (Wildman–Crippen LogP) is 4.40. The van der Waals surface area contributed by atoms with Crippen LogP contribution in [0.2, 0.25) is 0 Å². The van der Waals surface area contributed by atoms with Gasteiger partial charge in [-0.3, -0.25) is 19.4 Å². The maximum absolute atomic E-state index is 13.5. The van der Waals surface area contributed by atoms with E-state index in [1.807, 2.05) is 71.7 Å². The second-order valence-electron chi connectivity index (χ2n) is 9.15. The lowest BCUT2D eigenvalue weighted by Gasteiger charge is -2.32. The standard InChI is InChI=1S/C29H31N5O2/c1-36-26-12-10-23(11-13-26)28-27(21-34(32-28)19-22-7-3-2-4-8-22)29(35)31-24-14-17-33(18-15-24)20-25-9-5-6-16-30-25/h2-13,16,21,24H,14-15,17-20H2,1H3,(H,31,35). The van der Waals surface area contributed by atoms with E-state index in [4.69, 9.17) is 9.84 Å². The van der Waals surface area contributed by atoms with Gasteiger partial charge in [-0.25, -0.2) is 0 Å². The molecule has 36 heavy (non-hydrogen) atoms. The Balaban J connectivity index is 1.29. The Hall–Kier alpha value is -3.97. The number of piperidine rings is 1. The van der Waals surface area contributed by atoms with Gasteiger partial charge in [0.05, 0.1) is 24.9 Å². The van der Waals surface area contributed by atoms with Crippen LogP contribution in [0.25, 0.3) is 11.3 Å². The number of ether oxygens (including phenoxy) is 1.